The van der Waals surface area contributed by atoms with Crippen LogP contribution in [0.5, 0.6) is 0 Å². The lowest BCUT2D eigenvalue weighted by atomic mass is 10.0. The van der Waals surface area contributed by atoms with Crippen LogP contribution in [0.2, 0.25) is 0 Å². The first-order chi connectivity index (χ1) is 16.7. The monoisotopic (exact) mass is 485 g/mol. The summed E-state index contributed by atoms with van der Waals surface area (Å²) in [4.78, 5) is 24.0. The fourth-order valence-corrected chi connectivity index (χ4v) is 5.25. The summed E-state index contributed by atoms with van der Waals surface area (Å²) in [5, 5.41) is 0. The highest BCUT2D eigenvalue weighted by Crippen LogP contribution is 2.34. The van der Waals surface area contributed by atoms with Crippen molar-refractivity contribution in [2.24, 2.45) is 0 Å². The van der Waals surface area contributed by atoms with Gasteiger partial charge in [-0.25, -0.2) is 4.98 Å². The predicted molar refractivity (Wildman–Crippen MR) is 130 cm³/mol. The Hall–Kier alpha value is -3.07. The first kappa shape index (κ1) is 23.7. The number of nitrogens with zero attached hydrogens (tertiary/aromatic N) is 5. The topological polar surface area (TPSA) is 44.6 Å². The standard InChI is InChI=1S/C26H30F3N5O/c1-18-30-23-17-20(26(27,28)29)5-8-24(23)34(18)22-9-11-33(12-10-22)25(35)19-3-6-21(7-4-19)32-15-13-31(2)14-16-32/h3-8,17,22H,9-16H2,1-2H3. The van der Waals surface area contributed by atoms with Gasteiger partial charge in [0.1, 0.15) is 5.82 Å². The number of imidazole rings is 1. The molecule has 186 valence electrons. The number of likely N-dealkylation sites (tertiary alicyclic amines) is 1. The molecule has 1 aromatic heterocycles. The van der Waals surface area contributed by atoms with Crippen LogP contribution in [0, 0.1) is 6.92 Å². The smallest absolute Gasteiger partial charge is 0.369 e. The summed E-state index contributed by atoms with van der Waals surface area (Å²) in [5.74, 6) is 0.721. The number of halogens is 3. The number of likely N-dealkylation sites (N-methyl/N-ethyl adjacent to an activating group) is 1. The van der Waals surface area contributed by atoms with Crippen molar-refractivity contribution in [2.75, 3.05) is 51.2 Å². The van der Waals surface area contributed by atoms with E-state index in [4.69, 9.17) is 0 Å². The normalized spacial score (nSPS) is 18.4. The summed E-state index contributed by atoms with van der Waals surface area (Å²) < 4.78 is 41.3. The summed E-state index contributed by atoms with van der Waals surface area (Å²) >= 11 is 0. The third-order valence-electron chi connectivity index (χ3n) is 7.29. The van der Waals surface area contributed by atoms with Crippen molar-refractivity contribution >= 4 is 22.6 Å². The molecule has 9 heteroatoms. The van der Waals surface area contributed by atoms with Crippen LogP contribution in [-0.4, -0.2) is 71.6 Å². The van der Waals surface area contributed by atoms with Crippen LogP contribution in [0.4, 0.5) is 18.9 Å². The molecular weight excluding hydrogens is 455 g/mol. The Morgan fingerprint density at radius 3 is 2.23 bits per heavy atom. The van der Waals surface area contributed by atoms with Crippen LogP contribution < -0.4 is 4.90 Å². The largest absolute Gasteiger partial charge is 0.416 e. The molecule has 6 nitrogen and oxygen atoms in total. The van der Waals surface area contributed by atoms with E-state index in [1.165, 1.54) is 6.07 Å². The zero-order chi connectivity index (χ0) is 24.7. The number of alkyl halides is 3. The number of hydrogen-bond donors (Lipinski definition) is 0. The van der Waals surface area contributed by atoms with Gasteiger partial charge in [0.05, 0.1) is 16.6 Å². The quantitative estimate of drug-likeness (QED) is 0.544. The maximum atomic E-state index is 13.1. The SMILES string of the molecule is Cc1nc2cc(C(F)(F)F)ccc2n1C1CCN(C(=O)c2ccc(N3CCN(C)CC3)cc2)CC1. The fourth-order valence-electron chi connectivity index (χ4n) is 5.25. The van der Waals surface area contributed by atoms with E-state index in [-0.39, 0.29) is 11.9 Å². The van der Waals surface area contributed by atoms with Gasteiger partial charge in [0.2, 0.25) is 0 Å². The van der Waals surface area contributed by atoms with E-state index >= 15 is 0 Å². The molecule has 3 aromatic rings. The molecule has 0 aliphatic carbocycles. The van der Waals surface area contributed by atoms with E-state index in [2.05, 4.69) is 21.8 Å². The molecule has 5 rings (SSSR count). The van der Waals surface area contributed by atoms with E-state index in [9.17, 15) is 18.0 Å². The number of piperazine rings is 1. The van der Waals surface area contributed by atoms with Gasteiger partial charge in [-0.05, 0) is 69.3 Å². The summed E-state index contributed by atoms with van der Waals surface area (Å²) in [7, 11) is 2.13. The Kier molecular flexibility index (Phi) is 6.21. The van der Waals surface area contributed by atoms with Crippen LogP contribution in [0.3, 0.4) is 0 Å². The highest BCUT2D eigenvalue weighted by molar-refractivity contribution is 5.94. The molecule has 2 saturated heterocycles. The highest BCUT2D eigenvalue weighted by Gasteiger charge is 2.32. The lowest BCUT2D eigenvalue weighted by molar-refractivity contribution is -0.137. The minimum absolute atomic E-state index is 0.0235. The minimum atomic E-state index is -4.39. The number of aryl methyl sites for hydroxylation is 1. The predicted octanol–water partition coefficient (Wildman–Crippen LogP) is 4.59. The third-order valence-corrected chi connectivity index (χ3v) is 7.29. The summed E-state index contributed by atoms with van der Waals surface area (Å²) in [6.45, 7) is 7.06. The Balaban J connectivity index is 1.24. The van der Waals surface area contributed by atoms with Crippen molar-refractivity contribution in [2.45, 2.75) is 32.0 Å². The average Bonchev–Trinajstić information content (AvgIpc) is 3.18. The van der Waals surface area contributed by atoms with Crippen LogP contribution in [-0.2, 0) is 6.18 Å². The first-order valence-corrected chi connectivity index (χ1v) is 12.1. The molecule has 0 spiro atoms. The van der Waals surface area contributed by atoms with Gasteiger partial charge in [0, 0.05) is 56.6 Å². The van der Waals surface area contributed by atoms with Crippen molar-refractivity contribution in [1.29, 1.82) is 0 Å². The maximum absolute atomic E-state index is 13.1. The van der Waals surface area contributed by atoms with Gasteiger partial charge in [-0.1, -0.05) is 0 Å². The van der Waals surface area contributed by atoms with Gasteiger partial charge in [-0.15, -0.1) is 0 Å². The fraction of sp³-hybridized carbons (Fsp3) is 0.462. The summed E-state index contributed by atoms with van der Waals surface area (Å²) in [6, 6.07) is 11.7. The number of anilines is 1. The molecule has 2 aliphatic heterocycles. The number of rotatable bonds is 3. The van der Waals surface area contributed by atoms with Crippen LogP contribution >= 0.6 is 0 Å². The van der Waals surface area contributed by atoms with Crippen LogP contribution in [0.15, 0.2) is 42.5 Å². The molecule has 0 unspecified atom stereocenters. The van der Waals surface area contributed by atoms with Crippen molar-refractivity contribution in [3.05, 3.63) is 59.4 Å². The number of aromatic nitrogens is 2. The highest BCUT2D eigenvalue weighted by atomic mass is 19.4. The van der Waals surface area contributed by atoms with Gasteiger partial charge in [-0.2, -0.15) is 13.2 Å². The molecule has 0 bridgehead atoms. The van der Waals surface area contributed by atoms with Gasteiger partial charge < -0.3 is 19.3 Å². The molecule has 0 atom stereocenters. The molecule has 2 fully saturated rings. The number of piperidine rings is 1. The maximum Gasteiger partial charge on any atom is 0.416 e. The zero-order valence-corrected chi connectivity index (χ0v) is 20.1. The second-order valence-corrected chi connectivity index (χ2v) is 9.59. The number of benzene rings is 2. The lowest BCUT2D eigenvalue weighted by Gasteiger charge is -2.34. The van der Waals surface area contributed by atoms with Crippen molar-refractivity contribution in [3.63, 3.8) is 0 Å². The molecule has 0 saturated carbocycles. The minimum Gasteiger partial charge on any atom is -0.369 e. The van der Waals surface area contributed by atoms with Gasteiger partial charge in [0.15, 0.2) is 0 Å². The number of hydrogen-bond acceptors (Lipinski definition) is 4. The van der Waals surface area contributed by atoms with E-state index in [0.29, 0.717) is 35.5 Å². The van der Waals surface area contributed by atoms with Crippen molar-refractivity contribution in [1.82, 2.24) is 19.4 Å². The zero-order valence-electron chi connectivity index (χ0n) is 20.1. The third kappa shape index (κ3) is 4.74. The molecule has 0 radical (unpaired) electrons. The van der Waals surface area contributed by atoms with E-state index < -0.39 is 11.7 Å². The Morgan fingerprint density at radius 1 is 0.943 bits per heavy atom. The number of carbonyl (C=O) groups excluding carboxylic acids is 1. The average molecular weight is 486 g/mol. The molecule has 2 aliphatic rings. The molecule has 3 heterocycles. The second-order valence-electron chi connectivity index (χ2n) is 9.59. The van der Waals surface area contributed by atoms with Gasteiger partial charge in [-0.3, -0.25) is 4.79 Å². The van der Waals surface area contributed by atoms with E-state index in [1.54, 1.807) is 0 Å². The lowest BCUT2D eigenvalue weighted by Crippen LogP contribution is -2.44. The number of carbonyl (C=O) groups is 1. The first-order valence-electron chi connectivity index (χ1n) is 12.1. The number of fused-ring (bicyclic) bond motifs is 1. The van der Waals surface area contributed by atoms with Gasteiger partial charge >= 0.3 is 6.18 Å². The Morgan fingerprint density at radius 2 is 1.60 bits per heavy atom. The molecular formula is C26H30F3N5O. The van der Waals surface area contributed by atoms with Crippen molar-refractivity contribution < 1.29 is 18.0 Å². The van der Waals surface area contributed by atoms with E-state index in [0.717, 1.165) is 56.8 Å². The molecule has 0 N–H and O–H groups in total. The summed E-state index contributed by atoms with van der Waals surface area (Å²) in [6.07, 6.45) is -2.92. The second kappa shape index (κ2) is 9.18. The molecule has 1 amide bonds. The van der Waals surface area contributed by atoms with Crippen LogP contribution in [0.25, 0.3) is 11.0 Å². The van der Waals surface area contributed by atoms with Crippen LogP contribution in [0.1, 0.15) is 40.6 Å². The molecule has 35 heavy (non-hydrogen) atoms. The number of amides is 1. The van der Waals surface area contributed by atoms with E-state index in [1.807, 2.05) is 40.7 Å². The van der Waals surface area contributed by atoms with Crippen molar-refractivity contribution in [3.8, 4) is 0 Å². The Labute approximate surface area is 202 Å². The summed E-state index contributed by atoms with van der Waals surface area (Å²) in [5.41, 5.74) is 2.21. The Bertz CT molecular complexity index is 1200. The van der Waals surface area contributed by atoms with Gasteiger partial charge in [0.25, 0.3) is 5.91 Å². The molecule has 2 aromatic carbocycles.